The van der Waals surface area contributed by atoms with E-state index in [1.165, 1.54) is 4.80 Å². The molecule has 1 amide bonds. The van der Waals surface area contributed by atoms with Crippen molar-refractivity contribution in [1.82, 2.24) is 15.0 Å². The number of para-hydroxylation sites is 2. The number of carbonyl (C=O) groups is 2. The molecule has 8 heteroatoms. The minimum absolute atomic E-state index is 0.104. The highest BCUT2D eigenvalue weighted by Gasteiger charge is 2.26. The van der Waals surface area contributed by atoms with Crippen LogP contribution in [0.4, 0.5) is 5.69 Å². The lowest BCUT2D eigenvalue weighted by Crippen LogP contribution is -2.35. The van der Waals surface area contributed by atoms with Crippen molar-refractivity contribution in [2.45, 2.75) is 30.4 Å². The molecule has 0 bridgehead atoms. The normalized spacial score (nSPS) is 15.9. The van der Waals surface area contributed by atoms with Crippen molar-refractivity contribution < 1.29 is 14.3 Å². The molecule has 1 aliphatic heterocycles. The van der Waals surface area contributed by atoms with Crippen LogP contribution in [0.3, 0.4) is 0 Å². The van der Waals surface area contributed by atoms with Crippen LogP contribution >= 0.6 is 11.8 Å². The van der Waals surface area contributed by atoms with E-state index in [4.69, 9.17) is 4.74 Å². The zero-order valence-electron chi connectivity index (χ0n) is 16.8. The fourth-order valence-electron chi connectivity index (χ4n) is 3.26. The lowest BCUT2D eigenvalue weighted by molar-refractivity contribution is -0.121. The molecule has 3 aromatic rings. The largest absolute Gasteiger partial charge is 0.451 e. The van der Waals surface area contributed by atoms with Crippen molar-refractivity contribution in [2.24, 2.45) is 0 Å². The van der Waals surface area contributed by atoms with Gasteiger partial charge in [0.1, 0.15) is 0 Å². The van der Waals surface area contributed by atoms with Crippen LogP contribution in [0.1, 0.15) is 29.5 Å². The first-order valence-electron chi connectivity index (χ1n) is 9.75. The molecule has 30 heavy (non-hydrogen) atoms. The predicted octanol–water partition coefficient (Wildman–Crippen LogP) is 3.65. The van der Waals surface area contributed by atoms with Crippen LogP contribution in [0.2, 0.25) is 0 Å². The van der Waals surface area contributed by atoms with Gasteiger partial charge < -0.3 is 9.64 Å². The summed E-state index contributed by atoms with van der Waals surface area (Å²) in [5.41, 5.74) is 2.15. The standard InChI is InChI=1S/C22H22N4O3S/c1-15-12-13-25(18-10-6-7-11-19(18)30-15)20(27)14-29-22(28)21-16(2)23-26(24-21)17-8-4-3-5-9-17/h3-11,15H,12-14H2,1-2H3. The van der Waals surface area contributed by atoms with Crippen LogP contribution in [0, 0.1) is 6.92 Å². The smallest absolute Gasteiger partial charge is 0.361 e. The third kappa shape index (κ3) is 4.23. The highest BCUT2D eigenvalue weighted by Crippen LogP contribution is 2.37. The van der Waals surface area contributed by atoms with Crippen LogP contribution in [0.5, 0.6) is 0 Å². The first-order valence-corrected chi connectivity index (χ1v) is 10.6. The van der Waals surface area contributed by atoms with E-state index in [1.54, 1.807) is 23.6 Å². The Labute approximate surface area is 179 Å². The number of hydrogen-bond acceptors (Lipinski definition) is 6. The van der Waals surface area contributed by atoms with Crippen LogP contribution in [0.25, 0.3) is 5.69 Å². The molecular formula is C22H22N4O3S. The summed E-state index contributed by atoms with van der Waals surface area (Å²) < 4.78 is 5.30. The van der Waals surface area contributed by atoms with E-state index >= 15 is 0 Å². The number of amides is 1. The number of rotatable bonds is 4. The number of anilines is 1. The summed E-state index contributed by atoms with van der Waals surface area (Å²) >= 11 is 1.76. The van der Waals surface area contributed by atoms with Crippen LogP contribution in [-0.4, -0.2) is 45.3 Å². The lowest BCUT2D eigenvalue weighted by Gasteiger charge is -2.22. The molecule has 0 fully saturated rings. The lowest BCUT2D eigenvalue weighted by atomic mass is 10.2. The Bertz CT molecular complexity index is 1070. The van der Waals surface area contributed by atoms with Gasteiger partial charge in [-0.3, -0.25) is 4.79 Å². The highest BCUT2D eigenvalue weighted by molar-refractivity contribution is 8.00. The van der Waals surface area contributed by atoms with Crippen LogP contribution in [0.15, 0.2) is 59.5 Å². The number of ether oxygens (including phenoxy) is 1. The molecular weight excluding hydrogens is 400 g/mol. The molecule has 1 unspecified atom stereocenters. The molecule has 0 spiro atoms. The Morgan fingerprint density at radius 3 is 2.63 bits per heavy atom. The molecule has 0 radical (unpaired) electrons. The maximum absolute atomic E-state index is 12.9. The summed E-state index contributed by atoms with van der Waals surface area (Å²) in [6, 6.07) is 17.1. The number of hydrogen-bond donors (Lipinski definition) is 0. The van der Waals surface area contributed by atoms with Crippen molar-refractivity contribution in [3.8, 4) is 5.69 Å². The average molecular weight is 423 g/mol. The first kappa shape index (κ1) is 20.2. The maximum atomic E-state index is 12.9. The summed E-state index contributed by atoms with van der Waals surface area (Å²) in [5.74, 6) is -0.910. The molecule has 0 saturated heterocycles. The summed E-state index contributed by atoms with van der Waals surface area (Å²) in [6.45, 7) is 4.08. The molecule has 0 saturated carbocycles. The van der Waals surface area contributed by atoms with Crippen molar-refractivity contribution >= 4 is 29.3 Å². The minimum Gasteiger partial charge on any atom is -0.451 e. The average Bonchev–Trinajstić information content (AvgIpc) is 3.06. The Kier molecular flexibility index (Phi) is 5.85. The molecule has 154 valence electrons. The Morgan fingerprint density at radius 1 is 1.10 bits per heavy atom. The number of nitrogens with zero attached hydrogens (tertiary/aromatic N) is 4. The molecule has 1 aliphatic rings. The van der Waals surface area contributed by atoms with E-state index in [0.717, 1.165) is 22.7 Å². The molecule has 2 heterocycles. The van der Waals surface area contributed by atoms with E-state index in [9.17, 15) is 9.59 Å². The van der Waals surface area contributed by atoms with Gasteiger partial charge in [-0.25, -0.2) is 4.79 Å². The SMILES string of the molecule is Cc1nn(-c2ccccc2)nc1C(=O)OCC(=O)N1CCC(C)Sc2ccccc21. The van der Waals surface area contributed by atoms with Gasteiger partial charge in [0, 0.05) is 16.7 Å². The number of thioether (sulfide) groups is 1. The van der Waals surface area contributed by atoms with Gasteiger partial charge in [-0.2, -0.15) is 9.90 Å². The van der Waals surface area contributed by atoms with Gasteiger partial charge in [0.25, 0.3) is 5.91 Å². The monoisotopic (exact) mass is 422 g/mol. The highest BCUT2D eigenvalue weighted by atomic mass is 32.2. The van der Waals surface area contributed by atoms with Gasteiger partial charge >= 0.3 is 5.97 Å². The van der Waals surface area contributed by atoms with Gasteiger partial charge in [0.15, 0.2) is 12.3 Å². The second kappa shape index (κ2) is 8.71. The quantitative estimate of drug-likeness (QED) is 0.598. The van der Waals surface area contributed by atoms with Gasteiger partial charge in [0.2, 0.25) is 0 Å². The number of benzene rings is 2. The molecule has 1 atom stereocenters. The van der Waals surface area contributed by atoms with Gasteiger partial charge in [-0.1, -0.05) is 37.3 Å². The van der Waals surface area contributed by atoms with Crippen LogP contribution < -0.4 is 4.90 Å². The summed E-state index contributed by atoms with van der Waals surface area (Å²) in [7, 11) is 0. The molecule has 1 aromatic heterocycles. The third-order valence-corrected chi connectivity index (χ3v) is 6.07. The van der Waals surface area contributed by atoms with Crippen molar-refractivity contribution in [3.05, 3.63) is 66.0 Å². The van der Waals surface area contributed by atoms with Crippen molar-refractivity contribution in [1.29, 1.82) is 0 Å². The Morgan fingerprint density at radius 2 is 1.83 bits per heavy atom. The molecule has 0 aliphatic carbocycles. The fourth-order valence-corrected chi connectivity index (χ4v) is 4.38. The third-order valence-electron chi connectivity index (χ3n) is 4.83. The van der Waals surface area contributed by atoms with E-state index < -0.39 is 5.97 Å². The molecule has 2 aromatic carbocycles. The number of esters is 1. The minimum atomic E-state index is -0.658. The fraction of sp³-hybridized carbons (Fsp3) is 0.273. The van der Waals surface area contributed by atoms with E-state index in [2.05, 4.69) is 17.1 Å². The summed E-state index contributed by atoms with van der Waals surface area (Å²) in [5, 5.41) is 8.91. The number of carbonyl (C=O) groups excluding carboxylic acids is 2. The van der Waals surface area contributed by atoms with Gasteiger partial charge in [-0.15, -0.1) is 16.9 Å². The molecule has 4 rings (SSSR count). The number of fused-ring (bicyclic) bond motifs is 1. The maximum Gasteiger partial charge on any atom is 0.361 e. The summed E-state index contributed by atoms with van der Waals surface area (Å²) in [6.07, 6.45) is 0.865. The Hall–Kier alpha value is -3.13. The summed E-state index contributed by atoms with van der Waals surface area (Å²) in [4.78, 5) is 29.6. The van der Waals surface area contributed by atoms with Crippen LogP contribution in [-0.2, 0) is 9.53 Å². The van der Waals surface area contributed by atoms with E-state index in [-0.39, 0.29) is 18.2 Å². The van der Waals surface area contributed by atoms with Gasteiger partial charge in [-0.05, 0) is 37.6 Å². The first-order chi connectivity index (χ1) is 14.5. The van der Waals surface area contributed by atoms with Crippen molar-refractivity contribution in [3.63, 3.8) is 0 Å². The number of aromatic nitrogens is 3. The number of aryl methyl sites for hydroxylation is 1. The van der Waals surface area contributed by atoms with Crippen molar-refractivity contribution in [2.75, 3.05) is 18.1 Å². The second-order valence-electron chi connectivity index (χ2n) is 7.07. The zero-order valence-corrected chi connectivity index (χ0v) is 17.6. The molecule has 0 N–H and O–H groups in total. The van der Waals surface area contributed by atoms with Gasteiger partial charge in [0.05, 0.1) is 17.1 Å². The van der Waals surface area contributed by atoms with E-state index in [0.29, 0.717) is 17.5 Å². The predicted molar refractivity (Wildman–Crippen MR) is 115 cm³/mol. The second-order valence-corrected chi connectivity index (χ2v) is 8.55. The molecule has 7 nitrogen and oxygen atoms in total. The van der Waals surface area contributed by atoms with E-state index in [1.807, 2.05) is 54.6 Å². The topological polar surface area (TPSA) is 77.3 Å². The zero-order chi connectivity index (χ0) is 21.1. The Balaban J connectivity index is 1.46.